The average molecular weight is 201 g/mol. The molecule has 0 aliphatic carbocycles. The van der Waals surface area contributed by atoms with Gasteiger partial charge < -0.3 is 10.0 Å². The van der Waals surface area contributed by atoms with E-state index in [-0.39, 0.29) is 6.04 Å². The molecule has 0 fully saturated rings. The van der Waals surface area contributed by atoms with Crippen LogP contribution in [0.5, 0.6) is 0 Å². The molecule has 0 spiro atoms. The lowest BCUT2D eigenvalue weighted by atomic mass is 10.2. The normalized spacial score (nSPS) is 12.2. The van der Waals surface area contributed by atoms with E-state index < -0.39 is 11.9 Å². The SMILES string of the molecule is CCCCN(C(=O)C(=O)O)C(C)CC. The molecule has 1 amide bonds. The van der Waals surface area contributed by atoms with Gasteiger partial charge in [0.1, 0.15) is 0 Å². The fourth-order valence-electron chi connectivity index (χ4n) is 1.19. The van der Waals surface area contributed by atoms with E-state index in [0.29, 0.717) is 6.54 Å². The number of carbonyl (C=O) groups is 2. The Kier molecular flexibility index (Phi) is 5.92. The highest BCUT2D eigenvalue weighted by atomic mass is 16.4. The van der Waals surface area contributed by atoms with Gasteiger partial charge in [-0.25, -0.2) is 4.79 Å². The maximum absolute atomic E-state index is 11.3. The molecule has 0 aliphatic heterocycles. The molecule has 0 rings (SSSR count). The number of hydrogen-bond acceptors (Lipinski definition) is 2. The Balaban J connectivity index is 4.38. The van der Waals surface area contributed by atoms with Crippen molar-refractivity contribution < 1.29 is 14.7 Å². The summed E-state index contributed by atoms with van der Waals surface area (Å²) in [5, 5.41) is 8.60. The van der Waals surface area contributed by atoms with Gasteiger partial charge >= 0.3 is 11.9 Å². The molecule has 4 nitrogen and oxygen atoms in total. The third kappa shape index (κ3) is 3.77. The number of aliphatic carboxylic acids is 1. The summed E-state index contributed by atoms with van der Waals surface area (Å²) in [7, 11) is 0. The Bertz CT molecular complexity index is 204. The Morgan fingerprint density at radius 1 is 1.36 bits per heavy atom. The van der Waals surface area contributed by atoms with Gasteiger partial charge in [-0.3, -0.25) is 4.79 Å². The van der Waals surface area contributed by atoms with Crippen LogP contribution in [0.1, 0.15) is 40.0 Å². The molecule has 0 aliphatic rings. The summed E-state index contributed by atoms with van der Waals surface area (Å²) in [6, 6.07) is 0.00477. The Morgan fingerprint density at radius 3 is 2.29 bits per heavy atom. The van der Waals surface area contributed by atoms with Crippen LogP contribution in [-0.4, -0.2) is 34.5 Å². The van der Waals surface area contributed by atoms with Crippen LogP contribution in [0, 0.1) is 0 Å². The molecule has 0 aromatic rings. The predicted molar refractivity (Wildman–Crippen MR) is 54.0 cm³/mol. The van der Waals surface area contributed by atoms with Gasteiger partial charge in [0.15, 0.2) is 0 Å². The zero-order valence-electron chi connectivity index (χ0n) is 9.12. The summed E-state index contributed by atoms with van der Waals surface area (Å²) < 4.78 is 0. The van der Waals surface area contributed by atoms with Gasteiger partial charge in [-0.05, 0) is 19.8 Å². The molecule has 1 N–H and O–H groups in total. The second-order valence-electron chi connectivity index (χ2n) is 3.41. The molecule has 1 atom stereocenters. The minimum absolute atomic E-state index is 0.00477. The molecule has 0 aromatic carbocycles. The lowest BCUT2D eigenvalue weighted by Crippen LogP contribution is -2.42. The molecule has 0 saturated carbocycles. The monoisotopic (exact) mass is 201 g/mol. The number of carboxylic acids is 1. The molecule has 4 heteroatoms. The van der Waals surface area contributed by atoms with Crippen LogP contribution in [0.2, 0.25) is 0 Å². The van der Waals surface area contributed by atoms with E-state index in [4.69, 9.17) is 5.11 Å². The number of hydrogen-bond donors (Lipinski definition) is 1. The van der Waals surface area contributed by atoms with E-state index in [1.807, 2.05) is 20.8 Å². The molecular weight excluding hydrogens is 182 g/mol. The van der Waals surface area contributed by atoms with Crippen molar-refractivity contribution in [3.8, 4) is 0 Å². The van der Waals surface area contributed by atoms with Crippen LogP contribution in [0.4, 0.5) is 0 Å². The number of rotatable bonds is 5. The average Bonchev–Trinajstić information content (AvgIpc) is 2.17. The smallest absolute Gasteiger partial charge is 0.394 e. The van der Waals surface area contributed by atoms with Crippen molar-refractivity contribution in [2.24, 2.45) is 0 Å². The van der Waals surface area contributed by atoms with E-state index in [2.05, 4.69) is 0 Å². The van der Waals surface area contributed by atoms with Gasteiger partial charge in [-0.1, -0.05) is 20.3 Å². The molecule has 0 heterocycles. The number of unbranched alkanes of at least 4 members (excludes halogenated alkanes) is 1. The summed E-state index contributed by atoms with van der Waals surface area (Å²) >= 11 is 0. The molecule has 1 unspecified atom stereocenters. The van der Waals surface area contributed by atoms with E-state index in [1.165, 1.54) is 4.90 Å². The molecular formula is C10H19NO3. The van der Waals surface area contributed by atoms with Gasteiger partial charge in [-0.15, -0.1) is 0 Å². The lowest BCUT2D eigenvalue weighted by molar-refractivity contribution is -0.157. The number of carboxylic acid groups (broad SMARTS) is 1. The van der Waals surface area contributed by atoms with Gasteiger partial charge in [0.05, 0.1) is 0 Å². The largest absolute Gasteiger partial charge is 0.474 e. The van der Waals surface area contributed by atoms with Crippen molar-refractivity contribution in [1.29, 1.82) is 0 Å². The molecule has 82 valence electrons. The first-order valence-electron chi connectivity index (χ1n) is 5.08. The summed E-state index contributed by atoms with van der Waals surface area (Å²) in [5.74, 6) is -2.14. The molecule has 0 saturated heterocycles. The van der Waals surface area contributed by atoms with Crippen molar-refractivity contribution in [3.05, 3.63) is 0 Å². The first-order chi connectivity index (χ1) is 6.54. The summed E-state index contributed by atoms with van der Waals surface area (Å²) in [4.78, 5) is 23.2. The molecule has 14 heavy (non-hydrogen) atoms. The highest BCUT2D eigenvalue weighted by Gasteiger charge is 2.23. The second kappa shape index (κ2) is 6.40. The van der Waals surface area contributed by atoms with Crippen molar-refractivity contribution in [2.45, 2.75) is 46.1 Å². The fourth-order valence-corrected chi connectivity index (χ4v) is 1.19. The van der Waals surface area contributed by atoms with Crippen LogP contribution in [0.15, 0.2) is 0 Å². The number of carbonyl (C=O) groups excluding carboxylic acids is 1. The summed E-state index contributed by atoms with van der Waals surface area (Å²) in [6.07, 6.45) is 2.59. The zero-order valence-corrected chi connectivity index (χ0v) is 9.12. The minimum Gasteiger partial charge on any atom is -0.474 e. The van der Waals surface area contributed by atoms with E-state index >= 15 is 0 Å². The van der Waals surface area contributed by atoms with Gasteiger partial charge in [0, 0.05) is 12.6 Å². The quantitative estimate of drug-likeness (QED) is 0.686. The first kappa shape index (κ1) is 12.9. The number of amides is 1. The number of nitrogens with zero attached hydrogens (tertiary/aromatic N) is 1. The Morgan fingerprint density at radius 2 is 1.93 bits per heavy atom. The molecule has 0 bridgehead atoms. The highest BCUT2D eigenvalue weighted by Crippen LogP contribution is 2.06. The standard InChI is InChI=1S/C10H19NO3/c1-4-6-7-11(8(3)5-2)9(12)10(13)14/h8H,4-7H2,1-3H3,(H,13,14). The minimum atomic E-state index is -1.36. The third-order valence-electron chi connectivity index (χ3n) is 2.32. The first-order valence-corrected chi connectivity index (χ1v) is 5.08. The van der Waals surface area contributed by atoms with Gasteiger partial charge in [0.25, 0.3) is 0 Å². The van der Waals surface area contributed by atoms with Gasteiger partial charge in [0.2, 0.25) is 0 Å². The molecule has 0 aromatic heterocycles. The predicted octanol–water partition coefficient (Wildman–Crippen LogP) is 1.50. The third-order valence-corrected chi connectivity index (χ3v) is 2.32. The Labute approximate surface area is 84.9 Å². The van der Waals surface area contributed by atoms with Crippen LogP contribution in [-0.2, 0) is 9.59 Å². The maximum Gasteiger partial charge on any atom is 0.394 e. The lowest BCUT2D eigenvalue weighted by Gasteiger charge is -2.26. The van der Waals surface area contributed by atoms with E-state index in [1.54, 1.807) is 0 Å². The molecule has 0 radical (unpaired) electrons. The Hall–Kier alpha value is -1.06. The van der Waals surface area contributed by atoms with Crippen LogP contribution in [0.3, 0.4) is 0 Å². The van der Waals surface area contributed by atoms with Crippen molar-refractivity contribution in [1.82, 2.24) is 4.90 Å². The van der Waals surface area contributed by atoms with E-state index in [0.717, 1.165) is 19.3 Å². The van der Waals surface area contributed by atoms with Crippen molar-refractivity contribution >= 4 is 11.9 Å². The van der Waals surface area contributed by atoms with Crippen LogP contribution in [0.25, 0.3) is 0 Å². The summed E-state index contributed by atoms with van der Waals surface area (Å²) in [5.41, 5.74) is 0. The van der Waals surface area contributed by atoms with Gasteiger partial charge in [-0.2, -0.15) is 0 Å². The summed E-state index contributed by atoms with van der Waals surface area (Å²) in [6.45, 7) is 6.37. The second-order valence-corrected chi connectivity index (χ2v) is 3.41. The van der Waals surface area contributed by atoms with Crippen LogP contribution >= 0.6 is 0 Å². The topological polar surface area (TPSA) is 57.6 Å². The van der Waals surface area contributed by atoms with Crippen LogP contribution < -0.4 is 0 Å². The maximum atomic E-state index is 11.3. The van der Waals surface area contributed by atoms with Crippen molar-refractivity contribution in [2.75, 3.05) is 6.54 Å². The zero-order chi connectivity index (χ0) is 11.1. The highest BCUT2D eigenvalue weighted by molar-refractivity contribution is 6.31. The fraction of sp³-hybridized carbons (Fsp3) is 0.800. The van der Waals surface area contributed by atoms with E-state index in [9.17, 15) is 9.59 Å². The van der Waals surface area contributed by atoms with Crippen molar-refractivity contribution in [3.63, 3.8) is 0 Å².